The number of benzene rings is 4. The number of rotatable bonds is 4. The smallest absolute Gasteiger partial charge is 0.391 e. The fraction of sp³-hybridized carbons (Fsp3) is 0. The number of halogens is 4. The van der Waals surface area contributed by atoms with Gasteiger partial charge in [0, 0.05) is 11.1 Å². The van der Waals surface area contributed by atoms with Gasteiger partial charge in [-0.3, -0.25) is 0 Å². The Kier molecular flexibility index (Phi) is 7.72. The maximum atomic E-state index is 4.99. The molecule has 0 nitrogen and oxygen atoms in total. The first-order valence-electron chi connectivity index (χ1n) is 10.2. The van der Waals surface area contributed by atoms with Crippen LogP contribution in [0.15, 0.2) is 121 Å². The largest absolute Gasteiger partial charge is 0.564 e. The van der Waals surface area contributed by atoms with Gasteiger partial charge in [0.05, 0.1) is 0 Å². The summed E-state index contributed by atoms with van der Waals surface area (Å²) in [4.78, 5) is 0. The molecule has 1 aliphatic rings. The second-order valence-corrected chi connectivity index (χ2v) is 23.4. The van der Waals surface area contributed by atoms with Crippen LogP contribution in [0.1, 0.15) is 11.1 Å². The van der Waals surface area contributed by atoms with Crippen LogP contribution in [0.5, 0.6) is 0 Å². The Bertz CT molecular complexity index is 1100. The summed E-state index contributed by atoms with van der Waals surface area (Å²) >= 11 is 0. The third kappa shape index (κ3) is 5.28. The molecule has 0 N–H and O–H groups in total. The first-order valence-corrected chi connectivity index (χ1v) is 18.9. The molecule has 1 heterocycles. The first kappa shape index (κ1) is 23.9. The molecule has 32 heavy (non-hydrogen) atoms. The van der Waals surface area contributed by atoms with Crippen molar-refractivity contribution in [2.75, 3.05) is 0 Å². The van der Waals surface area contributed by atoms with E-state index in [9.17, 15) is 0 Å². The summed E-state index contributed by atoms with van der Waals surface area (Å²) in [6, 6.07) is 43.9. The zero-order valence-electron chi connectivity index (χ0n) is 17.1. The van der Waals surface area contributed by atoms with Gasteiger partial charge in [0.2, 0.25) is 0 Å². The van der Waals surface area contributed by atoms with Crippen LogP contribution >= 0.6 is 47.5 Å². The Morgan fingerprint density at radius 2 is 0.656 bits per heavy atom. The molecular weight excluding hydrogens is 512 g/mol. The predicted octanol–water partition coefficient (Wildman–Crippen LogP) is 8.57. The van der Waals surface area contributed by atoms with Crippen LogP contribution in [0.4, 0.5) is 0 Å². The van der Waals surface area contributed by atoms with Crippen LogP contribution < -0.4 is 10.6 Å². The van der Waals surface area contributed by atoms with E-state index in [1.54, 1.807) is 0 Å². The summed E-state index contributed by atoms with van der Waals surface area (Å²) < 4.78 is 0. The van der Waals surface area contributed by atoms with Crippen LogP contribution in [0.25, 0.3) is 10.6 Å². The van der Waals surface area contributed by atoms with Gasteiger partial charge in [0.25, 0.3) is 0 Å². The van der Waals surface area contributed by atoms with Crippen molar-refractivity contribution in [2.24, 2.45) is 0 Å². The van der Waals surface area contributed by atoms with E-state index < -0.39 is 16.7 Å². The van der Waals surface area contributed by atoms with E-state index in [0.717, 1.165) is 0 Å². The van der Waals surface area contributed by atoms with E-state index in [1.807, 2.05) is 0 Å². The standard InChI is InChI=1S/C26H20P.Al.4ClH/c1-5-13-21(14-6-1)25-26(22-15-7-2-8-16-22)27(25,23-17-9-3-10-18-23)24-19-11-4-12-20-24;;;;;/h1-20H;;4*1H/q+1;+3;;;;/p-4. The van der Waals surface area contributed by atoms with Crippen molar-refractivity contribution in [1.29, 1.82) is 0 Å². The minimum absolute atomic E-state index is 1.34. The highest BCUT2D eigenvalue weighted by molar-refractivity contribution is 8.14. The molecule has 0 unspecified atom stereocenters. The second kappa shape index (κ2) is 10.3. The van der Waals surface area contributed by atoms with Gasteiger partial charge < -0.3 is 40.2 Å². The molecule has 160 valence electrons. The molecular formula is C26H20AlCl4P. The van der Waals surface area contributed by atoms with Crippen LogP contribution in [-0.2, 0) is 0 Å². The molecule has 0 aromatic heterocycles. The van der Waals surface area contributed by atoms with Crippen molar-refractivity contribution >= 4 is 78.1 Å². The summed E-state index contributed by atoms with van der Waals surface area (Å²) in [6.07, 6.45) is 0. The molecule has 0 saturated carbocycles. The summed E-state index contributed by atoms with van der Waals surface area (Å²) in [5.41, 5.74) is 2.69. The Balaban J connectivity index is 0.000000444. The molecule has 6 heteroatoms. The molecule has 4 aromatic carbocycles. The molecule has 0 bridgehead atoms. The van der Waals surface area contributed by atoms with Crippen molar-refractivity contribution in [3.8, 4) is 0 Å². The maximum absolute atomic E-state index is 4.99. The highest BCUT2D eigenvalue weighted by Crippen LogP contribution is 2.91. The molecule has 0 radical (unpaired) electrons. The summed E-state index contributed by atoms with van der Waals surface area (Å²) in [5.74, 6) is 0. The van der Waals surface area contributed by atoms with Crippen molar-refractivity contribution in [3.63, 3.8) is 0 Å². The molecule has 0 atom stereocenters. The van der Waals surface area contributed by atoms with Gasteiger partial charge in [-0.15, -0.1) is 0 Å². The molecule has 1 aliphatic heterocycles. The van der Waals surface area contributed by atoms with Crippen molar-refractivity contribution in [2.45, 2.75) is 0 Å². The van der Waals surface area contributed by atoms with Gasteiger partial charge in [0.15, 0.2) is 17.9 Å². The molecule has 0 saturated heterocycles. The van der Waals surface area contributed by atoms with Gasteiger partial charge in [-0.1, -0.05) is 97.1 Å². The molecule has 0 fully saturated rings. The van der Waals surface area contributed by atoms with Gasteiger partial charge in [-0.25, -0.2) is 0 Å². The minimum atomic E-state index is -2.94. The van der Waals surface area contributed by atoms with Crippen LogP contribution in [0.3, 0.4) is 0 Å². The number of hydrogen-bond acceptors (Lipinski definition) is 0. The SMILES string of the molecule is [Cl][Al-]([Cl])([Cl])[Cl].c1ccc(C2=C(c3ccccc3)[P+]2(c2ccccc2)c2ccccc2)cc1. The lowest BCUT2D eigenvalue weighted by molar-refractivity contribution is 1.65. The van der Waals surface area contributed by atoms with Crippen molar-refractivity contribution in [3.05, 3.63) is 132 Å². The van der Waals surface area contributed by atoms with Crippen LogP contribution in [0.2, 0.25) is 0 Å². The Hall–Kier alpha value is -1.26. The molecule has 5 rings (SSSR count). The number of hydrogen-bond donors (Lipinski definition) is 0. The van der Waals surface area contributed by atoms with Crippen molar-refractivity contribution in [1.82, 2.24) is 0 Å². The molecule has 0 aliphatic carbocycles. The van der Waals surface area contributed by atoms with E-state index in [-0.39, 0.29) is 0 Å². The van der Waals surface area contributed by atoms with Crippen LogP contribution in [-0.4, -0.2) is 9.39 Å². The average molecular weight is 532 g/mol. The Morgan fingerprint density at radius 1 is 0.406 bits per heavy atom. The quantitative estimate of drug-likeness (QED) is 0.183. The molecule has 4 aromatic rings. The third-order valence-corrected chi connectivity index (χ3v) is 9.45. The van der Waals surface area contributed by atoms with E-state index >= 15 is 0 Å². The highest BCUT2D eigenvalue weighted by Gasteiger charge is 2.68. The zero-order valence-corrected chi connectivity index (χ0v) is 22.2. The lowest BCUT2D eigenvalue weighted by Gasteiger charge is -2.13. The third-order valence-electron chi connectivity index (χ3n) is 5.23. The van der Waals surface area contributed by atoms with E-state index in [0.29, 0.717) is 0 Å². The molecule has 0 amide bonds. The van der Waals surface area contributed by atoms with E-state index in [1.165, 1.54) is 32.4 Å². The van der Waals surface area contributed by atoms with Gasteiger partial charge in [0.1, 0.15) is 10.6 Å². The lowest BCUT2D eigenvalue weighted by atomic mass is 10.1. The summed E-state index contributed by atoms with van der Waals surface area (Å²) in [5, 5.41) is 5.92. The Labute approximate surface area is 209 Å². The average Bonchev–Trinajstić information content (AvgIpc) is 3.52. The summed E-state index contributed by atoms with van der Waals surface area (Å²) in [6.45, 7) is 0. The maximum Gasteiger partial charge on any atom is 0.564 e. The van der Waals surface area contributed by atoms with E-state index in [4.69, 9.17) is 40.2 Å². The minimum Gasteiger partial charge on any atom is -0.391 e. The van der Waals surface area contributed by atoms with Gasteiger partial charge in [-0.2, -0.15) is 0 Å². The Morgan fingerprint density at radius 3 is 0.938 bits per heavy atom. The van der Waals surface area contributed by atoms with Gasteiger partial charge >= 0.3 is 9.39 Å². The first-order chi connectivity index (χ1) is 15.4. The second-order valence-electron chi connectivity index (χ2n) is 7.27. The van der Waals surface area contributed by atoms with Gasteiger partial charge in [-0.05, 0) is 24.3 Å². The van der Waals surface area contributed by atoms with Crippen LogP contribution in [0, 0.1) is 0 Å². The summed E-state index contributed by atoms with van der Waals surface area (Å²) in [7, 11) is 15.3. The monoisotopic (exact) mass is 530 g/mol. The normalized spacial score (nSPS) is 14.4. The lowest BCUT2D eigenvalue weighted by Crippen LogP contribution is -2.15. The molecule has 0 spiro atoms. The zero-order chi connectivity index (χ0) is 22.6. The fourth-order valence-electron chi connectivity index (χ4n) is 4.07. The predicted molar refractivity (Wildman–Crippen MR) is 148 cm³/mol. The van der Waals surface area contributed by atoms with E-state index in [2.05, 4.69) is 121 Å². The topological polar surface area (TPSA) is 0 Å². The fourth-order valence-corrected chi connectivity index (χ4v) is 8.76. The van der Waals surface area contributed by atoms with Crippen molar-refractivity contribution < 1.29 is 0 Å². The highest BCUT2D eigenvalue weighted by atomic mass is 35.9.